The SMILES string of the molecule is FC(F)(F)C=Nc1ccccc1S. The largest absolute Gasteiger partial charge is 0.426 e. The van der Waals surface area contributed by atoms with Gasteiger partial charge in [0.2, 0.25) is 0 Å². The maximum absolute atomic E-state index is 11.7. The van der Waals surface area contributed by atoms with E-state index in [-0.39, 0.29) is 11.9 Å². The molecule has 1 rings (SSSR count). The van der Waals surface area contributed by atoms with Crippen molar-refractivity contribution in [2.45, 2.75) is 11.1 Å². The second-order valence-electron chi connectivity index (χ2n) is 2.29. The van der Waals surface area contributed by atoms with E-state index >= 15 is 0 Å². The monoisotopic (exact) mass is 205 g/mol. The van der Waals surface area contributed by atoms with Crippen LogP contribution in [0.2, 0.25) is 0 Å². The standard InChI is InChI=1S/C8H6F3NS/c9-8(10,11)5-12-6-3-1-2-4-7(6)13/h1-5,13H. The molecular formula is C8H6F3NS. The zero-order valence-electron chi connectivity index (χ0n) is 6.42. The van der Waals surface area contributed by atoms with Crippen LogP contribution in [0.4, 0.5) is 18.9 Å². The highest BCUT2D eigenvalue weighted by Gasteiger charge is 2.23. The van der Waals surface area contributed by atoms with Gasteiger partial charge in [-0.3, -0.25) is 4.99 Å². The number of thiol groups is 1. The lowest BCUT2D eigenvalue weighted by atomic mass is 10.3. The van der Waals surface area contributed by atoms with Crippen LogP contribution in [0.1, 0.15) is 0 Å². The van der Waals surface area contributed by atoms with Crippen LogP contribution in [0.25, 0.3) is 0 Å². The molecule has 5 heteroatoms. The van der Waals surface area contributed by atoms with Crippen molar-refractivity contribution in [2.75, 3.05) is 0 Å². The molecule has 0 spiro atoms. The van der Waals surface area contributed by atoms with E-state index < -0.39 is 6.18 Å². The minimum absolute atomic E-state index is 0.0535. The van der Waals surface area contributed by atoms with Crippen molar-refractivity contribution < 1.29 is 13.2 Å². The van der Waals surface area contributed by atoms with Crippen LogP contribution in [0.15, 0.2) is 34.2 Å². The first-order chi connectivity index (χ1) is 5.99. The molecule has 0 unspecified atom stereocenters. The average molecular weight is 205 g/mol. The van der Waals surface area contributed by atoms with Gasteiger partial charge in [-0.25, -0.2) is 0 Å². The molecule has 0 atom stereocenters. The number of rotatable bonds is 1. The van der Waals surface area contributed by atoms with Crippen molar-refractivity contribution in [3.63, 3.8) is 0 Å². The number of aliphatic imine (C=N–C) groups is 1. The highest BCUT2D eigenvalue weighted by atomic mass is 32.1. The Morgan fingerprint density at radius 2 is 1.85 bits per heavy atom. The van der Waals surface area contributed by atoms with E-state index in [1.807, 2.05) is 0 Å². The summed E-state index contributed by atoms with van der Waals surface area (Å²) in [6.45, 7) is 0. The zero-order valence-corrected chi connectivity index (χ0v) is 7.31. The second kappa shape index (κ2) is 3.83. The smallest absolute Gasteiger partial charge is 0.251 e. The van der Waals surface area contributed by atoms with Crippen LogP contribution in [0.5, 0.6) is 0 Å². The molecule has 0 radical (unpaired) electrons. The van der Waals surface area contributed by atoms with Gasteiger partial charge in [0.25, 0.3) is 0 Å². The molecule has 13 heavy (non-hydrogen) atoms. The van der Waals surface area contributed by atoms with Gasteiger partial charge in [-0.2, -0.15) is 13.2 Å². The Morgan fingerprint density at radius 1 is 1.23 bits per heavy atom. The average Bonchev–Trinajstić information content (AvgIpc) is 2.01. The molecule has 0 aliphatic rings. The van der Waals surface area contributed by atoms with Crippen LogP contribution < -0.4 is 0 Å². The van der Waals surface area contributed by atoms with Crippen LogP contribution in [0, 0.1) is 0 Å². The van der Waals surface area contributed by atoms with E-state index in [1.165, 1.54) is 6.07 Å². The van der Waals surface area contributed by atoms with Crippen LogP contribution >= 0.6 is 12.6 Å². The number of hydrogen-bond donors (Lipinski definition) is 1. The quantitative estimate of drug-likeness (QED) is 0.533. The molecule has 70 valence electrons. The fourth-order valence-electron chi connectivity index (χ4n) is 0.716. The van der Waals surface area contributed by atoms with Gasteiger partial charge in [-0.05, 0) is 12.1 Å². The molecule has 0 heterocycles. The maximum Gasteiger partial charge on any atom is 0.426 e. The molecule has 1 nitrogen and oxygen atoms in total. The van der Waals surface area contributed by atoms with Crippen molar-refractivity contribution in [3.8, 4) is 0 Å². The Balaban J connectivity index is 2.86. The molecule has 0 aliphatic heterocycles. The lowest BCUT2D eigenvalue weighted by Crippen LogP contribution is -2.07. The number of halogens is 3. The predicted octanol–water partition coefficient (Wildman–Crippen LogP) is 3.24. The van der Waals surface area contributed by atoms with Gasteiger partial charge in [-0.1, -0.05) is 12.1 Å². The molecular weight excluding hydrogens is 199 g/mol. The van der Waals surface area contributed by atoms with Gasteiger partial charge in [0.15, 0.2) is 0 Å². The van der Waals surface area contributed by atoms with Gasteiger partial charge in [0.05, 0.1) is 5.69 Å². The summed E-state index contributed by atoms with van der Waals surface area (Å²) in [4.78, 5) is 3.67. The normalized spacial score (nSPS) is 12.3. The van der Waals surface area contributed by atoms with Gasteiger partial charge < -0.3 is 0 Å². The Morgan fingerprint density at radius 3 is 2.38 bits per heavy atom. The molecule has 0 N–H and O–H groups in total. The van der Waals surface area contributed by atoms with Gasteiger partial charge >= 0.3 is 6.18 Å². The minimum atomic E-state index is -4.38. The Bertz CT molecular complexity index is 319. The summed E-state index contributed by atoms with van der Waals surface area (Å²) in [7, 11) is 0. The third kappa shape index (κ3) is 3.50. The Hall–Kier alpha value is -0.970. The van der Waals surface area contributed by atoms with Crippen LogP contribution in [-0.4, -0.2) is 12.4 Å². The summed E-state index contributed by atoms with van der Waals surface area (Å²) in [5.41, 5.74) is 0.211. The number of nitrogens with zero attached hydrogens (tertiary/aromatic N) is 1. The Labute approximate surface area is 78.7 Å². The minimum Gasteiger partial charge on any atom is -0.251 e. The highest BCUT2D eigenvalue weighted by molar-refractivity contribution is 7.80. The highest BCUT2D eigenvalue weighted by Crippen LogP contribution is 2.23. The van der Waals surface area contributed by atoms with E-state index in [1.54, 1.807) is 18.2 Å². The zero-order chi connectivity index (χ0) is 9.90. The molecule has 1 aromatic rings. The van der Waals surface area contributed by atoms with Crippen molar-refractivity contribution in [2.24, 2.45) is 4.99 Å². The molecule has 0 aliphatic carbocycles. The van der Waals surface area contributed by atoms with Gasteiger partial charge in [-0.15, -0.1) is 12.6 Å². The Kier molecular flexibility index (Phi) is 2.98. The summed E-state index contributed by atoms with van der Waals surface area (Å²) in [5.74, 6) is 0. The molecule has 1 aromatic carbocycles. The topological polar surface area (TPSA) is 12.4 Å². The maximum atomic E-state index is 11.7. The molecule has 0 saturated heterocycles. The first-order valence-electron chi connectivity index (χ1n) is 3.39. The van der Waals surface area contributed by atoms with Gasteiger partial charge in [0.1, 0.15) is 6.21 Å². The fourth-order valence-corrected chi connectivity index (χ4v) is 0.934. The summed E-state index contributed by atoms with van der Waals surface area (Å²) >= 11 is 3.95. The summed E-state index contributed by atoms with van der Waals surface area (Å²) in [6, 6.07) is 6.31. The van der Waals surface area contributed by atoms with E-state index in [0.29, 0.717) is 4.90 Å². The van der Waals surface area contributed by atoms with Crippen molar-refractivity contribution in [1.29, 1.82) is 0 Å². The molecule has 0 fully saturated rings. The number of hydrogen-bond acceptors (Lipinski definition) is 2. The van der Waals surface area contributed by atoms with Crippen LogP contribution in [0.3, 0.4) is 0 Å². The summed E-state index contributed by atoms with van der Waals surface area (Å²) < 4.78 is 35.1. The third-order valence-corrected chi connectivity index (χ3v) is 1.61. The van der Waals surface area contributed by atoms with Crippen molar-refractivity contribution in [3.05, 3.63) is 24.3 Å². The number of benzene rings is 1. The number of para-hydroxylation sites is 1. The molecule has 0 amide bonds. The molecule has 0 aromatic heterocycles. The third-order valence-electron chi connectivity index (χ3n) is 1.23. The predicted molar refractivity (Wildman–Crippen MR) is 47.9 cm³/mol. The summed E-state index contributed by atoms with van der Waals surface area (Å²) in [6.07, 6.45) is -4.43. The first-order valence-corrected chi connectivity index (χ1v) is 3.84. The van der Waals surface area contributed by atoms with E-state index in [0.717, 1.165) is 0 Å². The van der Waals surface area contributed by atoms with Crippen LogP contribution in [-0.2, 0) is 0 Å². The molecule has 0 bridgehead atoms. The van der Waals surface area contributed by atoms with Gasteiger partial charge in [0, 0.05) is 4.90 Å². The van der Waals surface area contributed by atoms with E-state index in [4.69, 9.17) is 0 Å². The molecule has 0 saturated carbocycles. The number of alkyl halides is 3. The van der Waals surface area contributed by atoms with Crippen molar-refractivity contribution >= 4 is 24.5 Å². The van der Waals surface area contributed by atoms with Crippen molar-refractivity contribution in [1.82, 2.24) is 0 Å². The fraction of sp³-hybridized carbons (Fsp3) is 0.125. The van der Waals surface area contributed by atoms with E-state index in [2.05, 4.69) is 17.6 Å². The summed E-state index contributed by atoms with van der Waals surface area (Å²) in [5, 5.41) is 0. The lowest BCUT2D eigenvalue weighted by molar-refractivity contribution is -0.0535. The second-order valence-corrected chi connectivity index (χ2v) is 2.77. The van der Waals surface area contributed by atoms with E-state index in [9.17, 15) is 13.2 Å². The lowest BCUT2D eigenvalue weighted by Gasteiger charge is -1.99. The first kappa shape index (κ1) is 10.1.